The second-order valence-electron chi connectivity index (χ2n) is 4.69. The van der Waals surface area contributed by atoms with Gasteiger partial charge in [-0.15, -0.1) is 6.58 Å². The monoisotopic (exact) mass is 286 g/mol. The first-order valence-electron chi connectivity index (χ1n) is 6.41. The number of hydrogen-bond donors (Lipinski definition) is 2. The van der Waals surface area contributed by atoms with E-state index >= 15 is 0 Å². The van der Waals surface area contributed by atoms with E-state index in [1.807, 2.05) is 6.92 Å². The fraction of sp³-hybridized carbons (Fsp3) is 0.176. The van der Waals surface area contributed by atoms with E-state index in [0.717, 1.165) is 5.56 Å². The van der Waals surface area contributed by atoms with Crippen molar-refractivity contribution in [2.45, 2.75) is 20.8 Å². The summed E-state index contributed by atoms with van der Waals surface area (Å²) >= 11 is 0. The number of carbonyl (C=O) groups is 2. The van der Waals surface area contributed by atoms with Crippen LogP contribution in [0.25, 0.3) is 10.8 Å². The Morgan fingerprint density at radius 1 is 1.10 bits per heavy atom. The largest absolute Gasteiger partial charge is 0.478 e. The number of carboxylic acid groups (broad SMARTS) is 2. The minimum Gasteiger partial charge on any atom is -0.478 e. The molecule has 0 aromatic heterocycles. The number of aryl methyl sites for hydroxylation is 2. The van der Waals surface area contributed by atoms with Crippen LogP contribution in [0.5, 0.6) is 0 Å². The zero-order chi connectivity index (χ0) is 16.2. The molecule has 0 saturated carbocycles. The van der Waals surface area contributed by atoms with Crippen LogP contribution < -0.4 is 0 Å². The molecule has 110 valence electrons. The molecule has 4 heteroatoms. The third-order valence-electron chi connectivity index (χ3n) is 2.91. The topological polar surface area (TPSA) is 74.6 Å². The van der Waals surface area contributed by atoms with Gasteiger partial charge in [0.2, 0.25) is 0 Å². The average molecular weight is 286 g/mol. The molecule has 0 aliphatic heterocycles. The number of benzene rings is 2. The van der Waals surface area contributed by atoms with Gasteiger partial charge in [0.1, 0.15) is 0 Å². The van der Waals surface area contributed by atoms with E-state index in [2.05, 4.69) is 6.58 Å². The number of allylic oxidation sites excluding steroid dienone is 1. The summed E-state index contributed by atoms with van der Waals surface area (Å²) < 4.78 is 0. The van der Waals surface area contributed by atoms with E-state index in [1.54, 1.807) is 38.1 Å². The summed E-state index contributed by atoms with van der Waals surface area (Å²) in [6.45, 7) is 8.69. The van der Waals surface area contributed by atoms with Gasteiger partial charge in [0.15, 0.2) is 0 Å². The molecule has 21 heavy (non-hydrogen) atoms. The van der Waals surface area contributed by atoms with Crippen LogP contribution in [0.2, 0.25) is 0 Å². The fourth-order valence-electron chi connectivity index (χ4n) is 2.16. The second-order valence-corrected chi connectivity index (χ2v) is 4.69. The van der Waals surface area contributed by atoms with E-state index in [1.165, 1.54) is 6.07 Å². The van der Waals surface area contributed by atoms with Gasteiger partial charge in [0.25, 0.3) is 0 Å². The molecule has 0 aliphatic carbocycles. The Morgan fingerprint density at radius 3 is 2.14 bits per heavy atom. The Labute approximate surface area is 123 Å². The van der Waals surface area contributed by atoms with E-state index in [0.29, 0.717) is 16.3 Å². The van der Waals surface area contributed by atoms with Gasteiger partial charge >= 0.3 is 11.9 Å². The lowest BCUT2D eigenvalue weighted by Crippen LogP contribution is -2.06. The van der Waals surface area contributed by atoms with Crippen molar-refractivity contribution < 1.29 is 19.8 Å². The van der Waals surface area contributed by atoms with Crippen LogP contribution >= 0.6 is 0 Å². The Kier molecular flexibility index (Phi) is 5.24. The summed E-state index contributed by atoms with van der Waals surface area (Å²) in [5.41, 5.74) is 1.44. The molecule has 0 saturated heterocycles. The lowest BCUT2D eigenvalue weighted by atomic mass is 9.94. The predicted octanol–water partition coefficient (Wildman–Crippen LogP) is 4.05. The van der Waals surface area contributed by atoms with Gasteiger partial charge in [0.05, 0.1) is 11.1 Å². The third kappa shape index (κ3) is 3.48. The molecule has 0 radical (unpaired) electrons. The zero-order valence-corrected chi connectivity index (χ0v) is 12.3. The van der Waals surface area contributed by atoms with Gasteiger partial charge in [-0.05, 0) is 43.4 Å². The summed E-state index contributed by atoms with van der Waals surface area (Å²) in [4.78, 5) is 22.6. The van der Waals surface area contributed by atoms with Gasteiger partial charge in [0, 0.05) is 5.39 Å². The highest BCUT2D eigenvalue weighted by Crippen LogP contribution is 2.27. The minimum atomic E-state index is -1.11. The molecule has 0 unspecified atom stereocenters. The average Bonchev–Trinajstić information content (AvgIpc) is 2.38. The zero-order valence-electron chi connectivity index (χ0n) is 12.3. The molecule has 0 amide bonds. The lowest BCUT2D eigenvalue weighted by molar-refractivity contribution is 0.0695. The van der Waals surface area contributed by atoms with Crippen molar-refractivity contribution in [1.29, 1.82) is 0 Å². The Hall–Kier alpha value is -2.62. The van der Waals surface area contributed by atoms with Crippen LogP contribution in [-0.2, 0) is 0 Å². The highest BCUT2D eigenvalue weighted by atomic mass is 16.4. The number of aromatic carboxylic acids is 2. The van der Waals surface area contributed by atoms with Crippen LogP contribution in [-0.4, -0.2) is 22.2 Å². The van der Waals surface area contributed by atoms with E-state index in [4.69, 9.17) is 0 Å². The van der Waals surface area contributed by atoms with Gasteiger partial charge in [-0.3, -0.25) is 0 Å². The minimum absolute atomic E-state index is 0.0334. The molecule has 2 aromatic carbocycles. The number of hydrogen-bond acceptors (Lipinski definition) is 2. The Balaban J connectivity index is 0.000000677. The molecule has 0 aliphatic rings. The normalized spacial score (nSPS) is 9.67. The molecule has 2 rings (SSSR count). The molecule has 0 atom stereocenters. The smallest absolute Gasteiger partial charge is 0.336 e. The molecular formula is C17H18O4. The highest BCUT2D eigenvalue weighted by molar-refractivity contribution is 6.13. The number of rotatable bonds is 2. The Bertz CT molecular complexity index is 714. The molecule has 4 nitrogen and oxygen atoms in total. The van der Waals surface area contributed by atoms with Gasteiger partial charge in [-0.1, -0.05) is 24.3 Å². The van der Waals surface area contributed by atoms with Gasteiger partial charge in [-0.25, -0.2) is 9.59 Å². The van der Waals surface area contributed by atoms with Gasteiger partial charge < -0.3 is 10.2 Å². The molecule has 2 N–H and O–H groups in total. The SMILES string of the molecule is C=CC.Cc1cc(C(=O)O)c2c(C(=O)O)c(C)ccc2c1. The molecular weight excluding hydrogens is 268 g/mol. The fourth-order valence-corrected chi connectivity index (χ4v) is 2.16. The Morgan fingerprint density at radius 2 is 1.67 bits per heavy atom. The second kappa shape index (κ2) is 6.70. The van der Waals surface area contributed by atoms with Crippen LogP contribution in [0.4, 0.5) is 0 Å². The summed E-state index contributed by atoms with van der Waals surface area (Å²) in [6.07, 6.45) is 1.75. The number of fused-ring (bicyclic) bond motifs is 1. The quantitative estimate of drug-likeness (QED) is 0.817. The standard InChI is InChI=1S/C14H12O4.C3H6/c1-7-5-9-4-3-8(2)11(14(17)18)12(9)10(6-7)13(15)16;1-3-2/h3-6H,1-2H3,(H,15,16)(H,17,18);3H,1H2,2H3. The van der Waals surface area contributed by atoms with Crippen molar-refractivity contribution in [3.05, 3.63) is 59.2 Å². The molecule has 0 fully saturated rings. The maximum absolute atomic E-state index is 11.3. The molecule has 0 spiro atoms. The first kappa shape index (κ1) is 16.4. The van der Waals surface area contributed by atoms with Crippen molar-refractivity contribution in [2.24, 2.45) is 0 Å². The van der Waals surface area contributed by atoms with Crippen molar-refractivity contribution in [2.75, 3.05) is 0 Å². The first-order chi connectivity index (χ1) is 9.83. The molecule has 0 heterocycles. The van der Waals surface area contributed by atoms with Crippen molar-refractivity contribution in [3.8, 4) is 0 Å². The lowest BCUT2D eigenvalue weighted by Gasteiger charge is -2.10. The summed E-state index contributed by atoms with van der Waals surface area (Å²) in [6, 6.07) is 6.72. The van der Waals surface area contributed by atoms with Crippen LogP contribution in [0.1, 0.15) is 38.8 Å². The molecule has 2 aromatic rings. The highest BCUT2D eigenvalue weighted by Gasteiger charge is 2.18. The van der Waals surface area contributed by atoms with Crippen LogP contribution in [0.15, 0.2) is 36.9 Å². The van der Waals surface area contributed by atoms with Crippen LogP contribution in [0, 0.1) is 13.8 Å². The van der Waals surface area contributed by atoms with Crippen molar-refractivity contribution in [3.63, 3.8) is 0 Å². The first-order valence-corrected chi connectivity index (χ1v) is 6.41. The van der Waals surface area contributed by atoms with E-state index < -0.39 is 11.9 Å². The van der Waals surface area contributed by atoms with Crippen LogP contribution in [0.3, 0.4) is 0 Å². The third-order valence-corrected chi connectivity index (χ3v) is 2.91. The van der Waals surface area contributed by atoms with Gasteiger partial charge in [-0.2, -0.15) is 0 Å². The summed E-state index contributed by atoms with van der Waals surface area (Å²) in [5, 5.41) is 19.4. The van der Waals surface area contributed by atoms with E-state index in [9.17, 15) is 19.8 Å². The summed E-state index contributed by atoms with van der Waals surface area (Å²) in [5.74, 6) is -2.22. The maximum Gasteiger partial charge on any atom is 0.336 e. The maximum atomic E-state index is 11.3. The molecule has 0 bridgehead atoms. The summed E-state index contributed by atoms with van der Waals surface area (Å²) in [7, 11) is 0. The number of carboxylic acids is 2. The predicted molar refractivity (Wildman–Crippen MR) is 83.2 cm³/mol. The van der Waals surface area contributed by atoms with E-state index in [-0.39, 0.29) is 11.1 Å². The van der Waals surface area contributed by atoms with Crippen molar-refractivity contribution in [1.82, 2.24) is 0 Å². The van der Waals surface area contributed by atoms with Crippen molar-refractivity contribution >= 4 is 22.7 Å².